The summed E-state index contributed by atoms with van der Waals surface area (Å²) < 4.78 is 11.2. The lowest BCUT2D eigenvalue weighted by molar-refractivity contribution is -0.0647. The van der Waals surface area contributed by atoms with Crippen molar-refractivity contribution in [1.82, 2.24) is 0 Å². The fourth-order valence-corrected chi connectivity index (χ4v) is 1.45. The van der Waals surface area contributed by atoms with Crippen molar-refractivity contribution in [2.24, 2.45) is 0 Å². The van der Waals surface area contributed by atoms with Crippen LogP contribution in [0.5, 0.6) is 0 Å². The zero-order valence-corrected chi connectivity index (χ0v) is 11.5. The number of ether oxygens (including phenoxy) is 1. The van der Waals surface area contributed by atoms with Crippen molar-refractivity contribution in [2.75, 3.05) is 6.61 Å². The van der Waals surface area contributed by atoms with Crippen LogP contribution < -0.4 is 0 Å². The van der Waals surface area contributed by atoms with Crippen molar-refractivity contribution in [2.45, 2.75) is 45.8 Å². The summed E-state index contributed by atoms with van der Waals surface area (Å²) in [5.41, 5.74) is 0.902. The lowest BCUT2D eigenvalue weighted by atomic mass is 10.00. The van der Waals surface area contributed by atoms with Gasteiger partial charge in [-0.3, -0.25) is 0 Å². The van der Waals surface area contributed by atoms with Crippen LogP contribution in [-0.2, 0) is 9.16 Å². The lowest BCUT2D eigenvalue weighted by Crippen LogP contribution is -2.40. The van der Waals surface area contributed by atoms with E-state index < -0.39 is 0 Å². The molecule has 0 heterocycles. The van der Waals surface area contributed by atoms with Gasteiger partial charge in [0.25, 0.3) is 0 Å². The molecule has 0 fully saturated rings. The van der Waals surface area contributed by atoms with Gasteiger partial charge in [0.05, 0.1) is 18.3 Å². The summed E-state index contributed by atoms with van der Waals surface area (Å²) in [5.74, 6) is 0. The normalized spacial score (nSPS) is 14.5. The molecule has 1 unspecified atom stereocenters. The topological polar surface area (TPSA) is 18.5 Å². The van der Waals surface area contributed by atoms with Gasteiger partial charge in [0.15, 0.2) is 0 Å². The molecule has 0 aliphatic carbocycles. The van der Waals surface area contributed by atoms with Crippen molar-refractivity contribution in [3.63, 3.8) is 0 Å². The van der Waals surface area contributed by atoms with E-state index in [1.165, 1.54) is 0 Å². The van der Waals surface area contributed by atoms with Crippen LogP contribution in [-0.4, -0.2) is 28.8 Å². The van der Waals surface area contributed by atoms with E-state index in [1.54, 1.807) is 0 Å². The Morgan fingerprint density at radius 3 is 2.38 bits per heavy atom. The number of hydrogen-bond donors (Lipinski definition) is 0. The lowest BCUT2D eigenvalue weighted by Gasteiger charge is -2.33. The minimum Gasteiger partial charge on any atom is -0.420 e. The molecule has 0 N–H and O–H groups in total. The Labute approximate surface area is 84.9 Å². The Kier molecular flexibility index (Phi) is 5.52. The molecule has 3 heteroatoms. The van der Waals surface area contributed by atoms with Gasteiger partial charge < -0.3 is 9.16 Å². The molecule has 0 aliphatic rings. The molecule has 13 heavy (non-hydrogen) atoms. The highest BCUT2D eigenvalue weighted by Gasteiger charge is 2.27. The van der Waals surface area contributed by atoms with Gasteiger partial charge in [-0.2, -0.15) is 0 Å². The van der Waals surface area contributed by atoms with Crippen LogP contribution in [0.2, 0.25) is 0 Å². The van der Waals surface area contributed by atoms with Gasteiger partial charge in [0, 0.05) is 0 Å². The first-order chi connectivity index (χ1) is 5.94. The van der Waals surface area contributed by atoms with Gasteiger partial charge in [-0.25, -0.2) is 0 Å². The summed E-state index contributed by atoms with van der Waals surface area (Å²) in [7, 11) is 0.751. The van der Waals surface area contributed by atoms with Crippen molar-refractivity contribution in [3.05, 3.63) is 12.2 Å². The summed E-state index contributed by atoms with van der Waals surface area (Å²) in [6.45, 7) is 12.7. The van der Waals surface area contributed by atoms with Gasteiger partial charge in [-0.05, 0) is 27.2 Å². The molecule has 0 aromatic rings. The molecule has 0 radical (unpaired) electrons. The molecule has 0 aliphatic heterocycles. The van der Waals surface area contributed by atoms with Gasteiger partial charge in [0.1, 0.15) is 10.5 Å². The summed E-state index contributed by atoms with van der Waals surface area (Å²) in [6, 6.07) is 0. The fraction of sp³-hybridized carbons (Fsp3) is 0.800. The van der Waals surface area contributed by atoms with E-state index in [2.05, 4.69) is 27.4 Å². The average Bonchev–Trinajstić information content (AvgIpc) is 2.04. The molecule has 0 saturated heterocycles. The molecule has 1 atom stereocenters. The molecule has 0 aromatic heterocycles. The first-order valence-corrected chi connectivity index (χ1v) is 5.56. The Bertz CT molecular complexity index is 166. The molecule has 0 aromatic carbocycles. The number of rotatable bonds is 6. The second-order valence-electron chi connectivity index (χ2n) is 3.97. The summed E-state index contributed by atoms with van der Waals surface area (Å²) in [5, 5.41) is 0. The highest BCUT2D eigenvalue weighted by molar-refractivity contribution is 5.98. The van der Waals surface area contributed by atoms with E-state index in [4.69, 9.17) is 9.16 Å². The van der Waals surface area contributed by atoms with E-state index in [0.29, 0.717) is 6.61 Å². The van der Waals surface area contributed by atoms with E-state index >= 15 is 0 Å². The summed E-state index contributed by atoms with van der Waals surface area (Å²) in [6.07, 6.45) is 1.14. The molecular weight excluding hydrogens is 180 g/mol. The SMILES string of the molecule is C=C(C)COC(CC)C(C)(C)O[SiH3]. The van der Waals surface area contributed by atoms with Crippen LogP contribution in [0.1, 0.15) is 34.1 Å². The zero-order valence-electron chi connectivity index (χ0n) is 9.52. The van der Waals surface area contributed by atoms with E-state index in [9.17, 15) is 0 Å². The van der Waals surface area contributed by atoms with E-state index in [1.807, 2.05) is 6.92 Å². The van der Waals surface area contributed by atoms with Crippen LogP contribution in [0.25, 0.3) is 0 Å². The van der Waals surface area contributed by atoms with Crippen LogP contribution in [0.15, 0.2) is 12.2 Å². The van der Waals surface area contributed by atoms with Crippen LogP contribution in [0, 0.1) is 0 Å². The Balaban J connectivity index is 4.09. The minimum atomic E-state index is -0.156. The van der Waals surface area contributed by atoms with Gasteiger partial charge in [0.2, 0.25) is 0 Å². The Morgan fingerprint density at radius 2 is 2.08 bits per heavy atom. The zero-order chi connectivity index (χ0) is 10.5. The van der Waals surface area contributed by atoms with Crippen molar-refractivity contribution >= 4 is 10.5 Å². The fourth-order valence-electron chi connectivity index (χ4n) is 1.18. The standard InChI is InChI=1S/C10H22O2Si/c1-6-9(10(4,5)12-13)11-7-8(2)3/h9H,2,6-7H2,1,3-5,13H3. The second kappa shape index (κ2) is 5.57. The maximum Gasteiger partial charge on any atom is 0.146 e. The molecule has 2 nitrogen and oxygen atoms in total. The first kappa shape index (κ1) is 12.9. The molecular formula is C10H22O2Si. The average molecular weight is 202 g/mol. The highest BCUT2D eigenvalue weighted by atomic mass is 28.2. The molecule has 0 saturated carbocycles. The van der Waals surface area contributed by atoms with Crippen molar-refractivity contribution < 1.29 is 9.16 Å². The van der Waals surface area contributed by atoms with Crippen molar-refractivity contribution in [1.29, 1.82) is 0 Å². The maximum absolute atomic E-state index is 5.71. The quantitative estimate of drug-likeness (QED) is 0.479. The number of hydrogen-bond acceptors (Lipinski definition) is 2. The van der Waals surface area contributed by atoms with Gasteiger partial charge >= 0.3 is 0 Å². The Morgan fingerprint density at radius 1 is 1.54 bits per heavy atom. The summed E-state index contributed by atoms with van der Waals surface area (Å²) in [4.78, 5) is 0. The highest BCUT2D eigenvalue weighted by Crippen LogP contribution is 2.19. The van der Waals surface area contributed by atoms with Crippen LogP contribution in [0.4, 0.5) is 0 Å². The Hall–Kier alpha value is -0.123. The van der Waals surface area contributed by atoms with Gasteiger partial charge in [-0.1, -0.05) is 19.1 Å². The van der Waals surface area contributed by atoms with Crippen LogP contribution >= 0.6 is 0 Å². The molecule has 0 rings (SSSR count). The van der Waals surface area contributed by atoms with Crippen LogP contribution in [0.3, 0.4) is 0 Å². The first-order valence-electron chi connectivity index (χ1n) is 4.75. The monoisotopic (exact) mass is 202 g/mol. The molecule has 78 valence electrons. The van der Waals surface area contributed by atoms with E-state index in [-0.39, 0.29) is 11.7 Å². The van der Waals surface area contributed by atoms with Gasteiger partial charge in [-0.15, -0.1) is 0 Å². The largest absolute Gasteiger partial charge is 0.420 e. The smallest absolute Gasteiger partial charge is 0.146 e. The predicted octanol–water partition coefficient (Wildman–Crippen LogP) is 1.43. The second-order valence-corrected chi connectivity index (χ2v) is 4.38. The van der Waals surface area contributed by atoms with E-state index in [0.717, 1.165) is 22.5 Å². The minimum absolute atomic E-state index is 0.156. The predicted molar refractivity (Wildman–Crippen MR) is 59.9 cm³/mol. The third kappa shape index (κ3) is 4.60. The van der Waals surface area contributed by atoms with Crippen molar-refractivity contribution in [3.8, 4) is 0 Å². The maximum atomic E-state index is 5.71. The third-order valence-corrected chi connectivity index (χ3v) is 3.26. The molecule has 0 spiro atoms. The summed E-state index contributed by atoms with van der Waals surface area (Å²) >= 11 is 0. The third-order valence-electron chi connectivity index (χ3n) is 2.20. The molecule has 0 bridgehead atoms. The molecule has 0 amide bonds.